The number of hydrogen-bond acceptors (Lipinski definition) is 3. The van der Waals surface area contributed by atoms with Gasteiger partial charge in [-0.05, 0) is 29.1 Å². The van der Waals surface area contributed by atoms with Crippen LogP contribution in [0.1, 0.15) is 16.1 Å². The molecule has 25 heavy (non-hydrogen) atoms. The average molecular weight is 374 g/mol. The maximum Gasteiger partial charge on any atom is 0.270 e. The van der Waals surface area contributed by atoms with E-state index >= 15 is 0 Å². The first-order valence-corrected chi connectivity index (χ1v) is 9.67. The van der Waals surface area contributed by atoms with Gasteiger partial charge in [-0.3, -0.25) is 9.69 Å². The third kappa shape index (κ3) is 3.19. The largest absolute Gasteiger partial charge is 0.339 e. The minimum atomic E-state index is 0.128. The zero-order valence-electron chi connectivity index (χ0n) is 14.1. The monoisotopic (exact) mass is 373 g/mol. The quantitative estimate of drug-likeness (QED) is 0.697. The number of piperazine rings is 1. The van der Waals surface area contributed by atoms with Crippen LogP contribution >= 0.6 is 22.9 Å². The topological polar surface area (TPSA) is 28.5 Å². The molecule has 1 amide bonds. The first-order chi connectivity index (χ1) is 12.1. The molecule has 4 nitrogen and oxygen atoms in total. The van der Waals surface area contributed by atoms with Gasteiger partial charge >= 0.3 is 0 Å². The van der Waals surface area contributed by atoms with E-state index in [1.54, 1.807) is 11.3 Å². The summed E-state index contributed by atoms with van der Waals surface area (Å²) >= 11 is 7.93. The van der Waals surface area contributed by atoms with E-state index in [1.165, 1.54) is 4.70 Å². The van der Waals surface area contributed by atoms with Gasteiger partial charge in [-0.25, -0.2) is 0 Å². The van der Waals surface area contributed by atoms with Gasteiger partial charge in [-0.2, -0.15) is 0 Å². The lowest BCUT2D eigenvalue weighted by molar-refractivity contribution is 0.0619. The number of hydrogen-bond donors (Lipinski definition) is 0. The van der Waals surface area contributed by atoms with E-state index < -0.39 is 0 Å². The highest BCUT2D eigenvalue weighted by molar-refractivity contribution is 7.17. The second-order valence-corrected chi connectivity index (χ2v) is 7.77. The van der Waals surface area contributed by atoms with E-state index in [-0.39, 0.29) is 5.91 Å². The molecular weight excluding hydrogens is 354 g/mol. The number of rotatable bonds is 3. The van der Waals surface area contributed by atoms with Gasteiger partial charge in [0.25, 0.3) is 5.91 Å². The molecular formula is C19H20ClN3OS. The maximum atomic E-state index is 12.9. The molecule has 0 radical (unpaired) electrons. The predicted molar refractivity (Wildman–Crippen MR) is 103 cm³/mol. The van der Waals surface area contributed by atoms with Crippen LogP contribution in [0.4, 0.5) is 0 Å². The molecule has 1 fully saturated rings. The lowest BCUT2D eigenvalue weighted by Gasteiger charge is -2.35. The average Bonchev–Trinajstić information content (AvgIpc) is 3.20. The van der Waals surface area contributed by atoms with Crippen LogP contribution in [0.5, 0.6) is 0 Å². The molecule has 0 N–H and O–H groups in total. The van der Waals surface area contributed by atoms with Crippen LogP contribution in [0, 0.1) is 0 Å². The van der Waals surface area contributed by atoms with Crippen LogP contribution in [0.3, 0.4) is 0 Å². The Kier molecular flexibility index (Phi) is 4.54. The van der Waals surface area contributed by atoms with Gasteiger partial charge < -0.3 is 9.47 Å². The maximum absolute atomic E-state index is 12.9. The van der Waals surface area contributed by atoms with E-state index in [2.05, 4.69) is 22.4 Å². The lowest BCUT2D eigenvalue weighted by Crippen LogP contribution is -2.48. The second-order valence-electron chi connectivity index (χ2n) is 6.42. The van der Waals surface area contributed by atoms with E-state index in [1.807, 2.05) is 40.8 Å². The van der Waals surface area contributed by atoms with Crippen molar-refractivity contribution in [2.24, 2.45) is 7.05 Å². The molecule has 4 rings (SSSR count). The van der Waals surface area contributed by atoms with Crippen LogP contribution in [-0.4, -0.2) is 46.5 Å². The summed E-state index contributed by atoms with van der Waals surface area (Å²) in [5.41, 5.74) is 3.05. The van der Waals surface area contributed by atoms with E-state index in [0.29, 0.717) is 0 Å². The number of carbonyl (C=O) groups excluding carboxylic acids is 1. The van der Waals surface area contributed by atoms with E-state index in [9.17, 15) is 4.79 Å². The Morgan fingerprint density at radius 2 is 1.92 bits per heavy atom. The summed E-state index contributed by atoms with van der Waals surface area (Å²) in [4.78, 5) is 17.2. The van der Waals surface area contributed by atoms with Crippen LogP contribution in [-0.2, 0) is 13.6 Å². The van der Waals surface area contributed by atoms with Crippen molar-refractivity contribution in [3.05, 3.63) is 58.1 Å². The van der Waals surface area contributed by atoms with E-state index in [0.717, 1.165) is 54.5 Å². The van der Waals surface area contributed by atoms with Crippen molar-refractivity contribution in [1.82, 2.24) is 14.4 Å². The van der Waals surface area contributed by atoms with Crippen molar-refractivity contribution >= 4 is 39.1 Å². The van der Waals surface area contributed by atoms with Crippen molar-refractivity contribution in [3.8, 4) is 0 Å². The molecule has 0 saturated carbocycles. The van der Waals surface area contributed by atoms with Gasteiger partial charge in [0.2, 0.25) is 0 Å². The number of nitrogens with zero attached hydrogens (tertiary/aromatic N) is 3. The van der Waals surface area contributed by atoms with Gasteiger partial charge in [0.05, 0.1) is 10.2 Å². The number of aromatic nitrogens is 1. The van der Waals surface area contributed by atoms with Crippen LogP contribution in [0.25, 0.3) is 10.2 Å². The number of aryl methyl sites for hydroxylation is 1. The molecule has 0 unspecified atom stereocenters. The van der Waals surface area contributed by atoms with E-state index in [4.69, 9.17) is 11.6 Å². The lowest BCUT2D eigenvalue weighted by atomic mass is 10.2. The molecule has 0 spiro atoms. The SMILES string of the molecule is Cn1c(C(=O)N2CCN(Cc3ccccc3Cl)CC2)cc2sccc21. The number of thiophene rings is 1. The molecule has 3 aromatic rings. The summed E-state index contributed by atoms with van der Waals surface area (Å²) in [5, 5.41) is 2.87. The fourth-order valence-electron chi connectivity index (χ4n) is 3.39. The van der Waals surface area contributed by atoms with Crippen LogP contribution in [0.15, 0.2) is 41.8 Å². The number of benzene rings is 1. The number of amides is 1. The Hall–Kier alpha value is -1.82. The first kappa shape index (κ1) is 16.6. The molecule has 6 heteroatoms. The molecule has 0 aliphatic carbocycles. The smallest absolute Gasteiger partial charge is 0.270 e. The summed E-state index contributed by atoms with van der Waals surface area (Å²) in [6, 6.07) is 12.0. The number of halogens is 1. The number of carbonyl (C=O) groups is 1. The molecule has 3 heterocycles. The minimum Gasteiger partial charge on any atom is -0.339 e. The molecule has 0 bridgehead atoms. The third-order valence-corrected chi connectivity index (χ3v) is 6.12. The Balaban J connectivity index is 1.41. The van der Waals surface area contributed by atoms with Crippen molar-refractivity contribution in [1.29, 1.82) is 0 Å². The highest BCUT2D eigenvalue weighted by Crippen LogP contribution is 2.25. The third-order valence-electron chi connectivity index (χ3n) is 4.89. The highest BCUT2D eigenvalue weighted by atomic mass is 35.5. The van der Waals surface area contributed by atoms with Gasteiger partial charge in [-0.15, -0.1) is 11.3 Å². The fraction of sp³-hybridized carbons (Fsp3) is 0.316. The summed E-state index contributed by atoms with van der Waals surface area (Å²) < 4.78 is 3.17. The van der Waals surface area contributed by atoms with Crippen LogP contribution < -0.4 is 0 Å². The van der Waals surface area contributed by atoms with Crippen molar-refractivity contribution in [2.45, 2.75) is 6.54 Å². The molecule has 2 aromatic heterocycles. The van der Waals surface area contributed by atoms with Gasteiger partial charge in [0.15, 0.2) is 0 Å². The molecule has 1 aliphatic rings. The van der Waals surface area contributed by atoms with Crippen LogP contribution in [0.2, 0.25) is 5.02 Å². The minimum absolute atomic E-state index is 0.128. The Morgan fingerprint density at radius 1 is 1.16 bits per heavy atom. The molecule has 1 aromatic carbocycles. The zero-order chi connectivity index (χ0) is 17.4. The van der Waals surface area contributed by atoms with Gasteiger partial charge in [0.1, 0.15) is 5.69 Å². The normalized spacial score (nSPS) is 15.8. The van der Waals surface area contributed by atoms with Crippen molar-refractivity contribution in [3.63, 3.8) is 0 Å². The number of fused-ring (bicyclic) bond motifs is 1. The summed E-state index contributed by atoms with van der Waals surface area (Å²) in [7, 11) is 1.97. The van der Waals surface area contributed by atoms with Gasteiger partial charge in [-0.1, -0.05) is 29.8 Å². The Labute approximate surface area is 156 Å². The fourth-order valence-corrected chi connectivity index (χ4v) is 4.44. The molecule has 1 saturated heterocycles. The Bertz CT molecular complexity index is 908. The first-order valence-electron chi connectivity index (χ1n) is 8.41. The van der Waals surface area contributed by atoms with Crippen molar-refractivity contribution in [2.75, 3.05) is 26.2 Å². The van der Waals surface area contributed by atoms with Crippen molar-refractivity contribution < 1.29 is 4.79 Å². The van der Waals surface area contributed by atoms with Gasteiger partial charge in [0, 0.05) is 44.8 Å². The predicted octanol–water partition coefficient (Wildman–Crippen LogP) is 3.85. The summed E-state index contributed by atoms with van der Waals surface area (Å²) in [6.07, 6.45) is 0. The molecule has 0 atom stereocenters. The molecule has 1 aliphatic heterocycles. The summed E-state index contributed by atoms with van der Waals surface area (Å²) in [6.45, 7) is 4.08. The standard InChI is InChI=1S/C19H20ClN3OS/c1-21-16-6-11-25-18(16)12-17(21)19(24)23-9-7-22(8-10-23)13-14-4-2-3-5-15(14)20/h2-6,11-12H,7-10,13H2,1H3. The zero-order valence-corrected chi connectivity index (χ0v) is 15.7. The molecule has 130 valence electrons. The Morgan fingerprint density at radius 3 is 2.64 bits per heavy atom. The highest BCUT2D eigenvalue weighted by Gasteiger charge is 2.25. The second kappa shape index (κ2) is 6.83. The summed E-state index contributed by atoms with van der Waals surface area (Å²) in [5.74, 6) is 0.128.